The van der Waals surface area contributed by atoms with E-state index in [1.54, 1.807) is 19.2 Å². The lowest BCUT2D eigenvalue weighted by Crippen LogP contribution is -2.45. The molecule has 0 unspecified atom stereocenters. The van der Waals surface area contributed by atoms with Gasteiger partial charge in [-0.05, 0) is 24.1 Å². The minimum atomic E-state index is -1.63. The first-order chi connectivity index (χ1) is 12.0. The summed E-state index contributed by atoms with van der Waals surface area (Å²) in [5.74, 6) is -0.876. The fraction of sp³-hybridized carbons (Fsp3) is 0.500. The predicted molar refractivity (Wildman–Crippen MR) is 89.4 cm³/mol. The standard InChI is InChI=1S/C18H20N4O3/c1-5-15(12-6-8-13(23-2)9-7-12)16(10-19)14(21)22-18(24-3,25-4)17(15,16)11-20/h6-9H,5H2,1-4H3,(H2,21,22)/t15-,16-,17+/m0/s1. The van der Waals surface area contributed by atoms with Gasteiger partial charge in [0.1, 0.15) is 11.6 Å². The summed E-state index contributed by atoms with van der Waals surface area (Å²) in [4.78, 5) is 4.26. The number of rotatable bonds is 5. The fourth-order valence-corrected chi connectivity index (χ4v) is 4.88. The van der Waals surface area contributed by atoms with E-state index in [9.17, 15) is 10.5 Å². The normalized spacial score (nSPS) is 34.4. The predicted octanol–water partition coefficient (Wildman–Crippen LogP) is 1.69. The average Bonchev–Trinajstić information content (AvgIpc) is 3.16. The number of ether oxygens (including phenoxy) is 3. The second-order valence-electron chi connectivity index (χ2n) is 6.20. The maximum Gasteiger partial charge on any atom is 0.293 e. The van der Waals surface area contributed by atoms with Crippen molar-refractivity contribution in [1.82, 2.24) is 0 Å². The summed E-state index contributed by atoms with van der Waals surface area (Å²) in [6.07, 6.45) is 0.491. The Morgan fingerprint density at radius 1 is 1.08 bits per heavy atom. The molecule has 1 heterocycles. The molecule has 0 amide bonds. The Morgan fingerprint density at radius 2 is 1.68 bits per heavy atom. The number of nitrogens with two attached hydrogens (primary N) is 1. The number of nitrogens with zero attached hydrogens (tertiary/aromatic N) is 3. The number of aliphatic imine (C=N–C) groups is 1. The van der Waals surface area contributed by atoms with Gasteiger partial charge >= 0.3 is 0 Å². The molecule has 25 heavy (non-hydrogen) atoms. The molecule has 1 aromatic carbocycles. The number of hydrogen-bond acceptors (Lipinski definition) is 7. The van der Waals surface area contributed by atoms with Crippen LogP contribution in [0.1, 0.15) is 18.9 Å². The van der Waals surface area contributed by atoms with E-state index >= 15 is 0 Å². The number of benzene rings is 1. The zero-order chi connectivity index (χ0) is 18.5. The van der Waals surface area contributed by atoms with E-state index in [1.165, 1.54) is 14.2 Å². The highest BCUT2D eigenvalue weighted by Crippen LogP contribution is 2.86. The molecule has 7 heteroatoms. The first kappa shape index (κ1) is 17.2. The van der Waals surface area contributed by atoms with Gasteiger partial charge in [-0.1, -0.05) is 19.1 Å². The summed E-state index contributed by atoms with van der Waals surface area (Å²) in [5, 5.41) is 20.3. The maximum absolute atomic E-state index is 10.2. The molecule has 7 nitrogen and oxygen atoms in total. The summed E-state index contributed by atoms with van der Waals surface area (Å²) in [5.41, 5.74) is 3.40. The van der Waals surface area contributed by atoms with Crippen molar-refractivity contribution in [3.63, 3.8) is 0 Å². The number of fused-ring (bicyclic) bond motifs is 1. The van der Waals surface area contributed by atoms with Crippen molar-refractivity contribution in [2.75, 3.05) is 21.3 Å². The second kappa shape index (κ2) is 5.19. The summed E-state index contributed by atoms with van der Waals surface area (Å²) < 4.78 is 16.3. The van der Waals surface area contributed by atoms with Gasteiger partial charge in [0, 0.05) is 14.2 Å². The van der Waals surface area contributed by atoms with Crippen LogP contribution in [0.5, 0.6) is 5.75 Å². The van der Waals surface area contributed by atoms with Gasteiger partial charge in [0.2, 0.25) is 0 Å². The van der Waals surface area contributed by atoms with Gasteiger partial charge in [0.05, 0.1) is 24.7 Å². The average molecular weight is 340 g/mol. The third kappa shape index (κ3) is 1.41. The molecule has 0 bridgehead atoms. The quantitative estimate of drug-likeness (QED) is 0.816. The van der Waals surface area contributed by atoms with E-state index in [-0.39, 0.29) is 5.84 Å². The highest BCUT2D eigenvalue weighted by atomic mass is 16.7. The van der Waals surface area contributed by atoms with Gasteiger partial charge in [0.15, 0.2) is 10.8 Å². The smallest absolute Gasteiger partial charge is 0.293 e. The van der Waals surface area contributed by atoms with Crippen LogP contribution in [-0.4, -0.2) is 33.1 Å². The van der Waals surface area contributed by atoms with Crippen molar-refractivity contribution < 1.29 is 14.2 Å². The summed E-state index contributed by atoms with van der Waals surface area (Å²) in [7, 11) is 4.38. The Bertz CT molecular complexity index is 818. The zero-order valence-corrected chi connectivity index (χ0v) is 14.7. The summed E-state index contributed by atoms with van der Waals surface area (Å²) >= 11 is 0. The van der Waals surface area contributed by atoms with E-state index in [2.05, 4.69) is 17.1 Å². The molecule has 0 radical (unpaired) electrons. The largest absolute Gasteiger partial charge is 0.497 e. The molecule has 1 fully saturated rings. The first-order valence-corrected chi connectivity index (χ1v) is 7.90. The summed E-state index contributed by atoms with van der Waals surface area (Å²) in [6.45, 7) is 1.92. The highest BCUT2D eigenvalue weighted by molar-refractivity contribution is 6.02. The molecule has 1 aliphatic carbocycles. The number of amidine groups is 1. The van der Waals surface area contributed by atoms with Crippen LogP contribution in [-0.2, 0) is 14.9 Å². The van der Waals surface area contributed by atoms with Gasteiger partial charge in [-0.15, -0.1) is 0 Å². The van der Waals surface area contributed by atoms with Crippen LogP contribution < -0.4 is 10.5 Å². The van der Waals surface area contributed by atoms with Crippen LogP contribution in [0.15, 0.2) is 29.3 Å². The maximum atomic E-state index is 10.2. The summed E-state index contributed by atoms with van der Waals surface area (Å²) in [6, 6.07) is 11.9. The third-order valence-electron chi connectivity index (χ3n) is 5.91. The van der Waals surface area contributed by atoms with Gasteiger partial charge in [0.25, 0.3) is 5.91 Å². The first-order valence-electron chi connectivity index (χ1n) is 7.90. The Kier molecular flexibility index (Phi) is 3.58. The minimum absolute atomic E-state index is 0.0675. The lowest BCUT2D eigenvalue weighted by atomic mass is 9.80. The minimum Gasteiger partial charge on any atom is -0.497 e. The van der Waals surface area contributed by atoms with Crippen LogP contribution >= 0.6 is 0 Å². The number of hydrogen-bond donors (Lipinski definition) is 1. The van der Waals surface area contributed by atoms with Crippen molar-refractivity contribution in [3.05, 3.63) is 29.8 Å². The van der Waals surface area contributed by atoms with Crippen LogP contribution in [0, 0.1) is 33.5 Å². The monoisotopic (exact) mass is 340 g/mol. The van der Waals surface area contributed by atoms with E-state index < -0.39 is 22.2 Å². The topological polar surface area (TPSA) is 114 Å². The van der Waals surface area contributed by atoms with Crippen molar-refractivity contribution >= 4 is 5.84 Å². The van der Waals surface area contributed by atoms with E-state index in [0.29, 0.717) is 12.2 Å². The molecule has 0 aromatic heterocycles. The Labute approximate surface area is 146 Å². The van der Waals surface area contributed by atoms with Crippen LogP contribution in [0.3, 0.4) is 0 Å². The Balaban J connectivity index is 2.33. The molecule has 2 N–H and O–H groups in total. The molecule has 3 atom stereocenters. The molecular weight excluding hydrogens is 320 g/mol. The van der Waals surface area contributed by atoms with Crippen molar-refractivity contribution in [3.8, 4) is 17.9 Å². The molecule has 0 saturated heterocycles. The van der Waals surface area contributed by atoms with Gasteiger partial charge < -0.3 is 19.9 Å². The van der Waals surface area contributed by atoms with E-state index in [1.807, 2.05) is 19.1 Å². The van der Waals surface area contributed by atoms with Crippen molar-refractivity contribution in [2.45, 2.75) is 24.7 Å². The van der Waals surface area contributed by atoms with Crippen LogP contribution in [0.4, 0.5) is 0 Å². The van der Waals surface area contributed by atoms with Crippen LogP contribution in [0.25, 0.3) is 0 Å². The lowest BCUT2D eigenvalue weighted by molar-refractivity contribution is -0.234. The van der Waals surface area contributed by atoms with Gasteiger partial charge in [-0.3, -0.25) is 0 Å². The SMILES string of the molecule is CC[C@]1(c2ccc(OC)cc2)[C@]2(C#N)C(N)=NC(OC)(OC)[C@@]21C#N. The van der Waals surface area contributed by atoms with Crippen LogP contribution in [0.2, 0.25) is 0 Å². The van der Waals surface area contributed by atoms with Crippen molar-refractivity contribution in [1.29, 1.82) is 10.5 Å². The fourth-order valence-electron chi connectivity index (χ4n) is 4.88. The number of methoxy groups -OCH3 is 3. The van der Waals surface area contributed by atoms with E-state index in [4.69, 9.17) is 19.9 Å². The lowest BCUT2D eigenvalue weighted by Gasteiger charge is -2.33. The Hall–Kier alpha value is -2.61. The molecule has 1 aliphatic heterocycles. The van der Waals surface area contributed by atoms with E-state index in [0.717, 1.165) is 5.56 Å². The molecule has 1 aromatic rings. The second-order valence-corrected chi connectivity index (χ2v) is 6.20. The number of nitriles is 2. The molecule has 2 aliphatic rings. The third-order valence-corrected chi connectivity index (χ3v) is 5.91. The zero-order valence-electron chi connectivity index (χ0n) is 14.7. The highest BCUT2D eigenvalue weighted by Gasteiger charge is 3.00. The molecule has 3 rings (SSSR count). The molecule has 1 saturated carbocycles. The molecule has 0 spiro atoms. The van der Waals surface area contributed by atoms with Crippen molar-refractivity contribution in [2.24, 2.45) is 21.6 Å². The molecule has 130 valence electrons. The molecular formula is C18H20N4O3. The van der Waals surface area contributed by atoms with Gasteiger partial charge in [-0.25, -0.2) is 4.99 Å². The van der Waals surface area contributed by atoms with Gasteiger partial charge in [-0.2, -0.15) is 10.5 Å². The Morgan fingerprint density at radius 3 is 2.08 bits per heavy atom.